The molecule has 1 amide bonds. The number of aliphatic hydroxyl groups excluding tert-OH is 1. The lowest BCUT2D eigenvalue weighted by molar-refractivity contribution is 0.0481. The number of hydrogen-bond acceptors (Lipinski definition) is 5. The number of methoxy groups -OCH3 is 2. The summed E-state index contributed by atoms with van der Waals surface area (Å²) >= 11 is 0. The molecule has 6 nitrogen and oxygen atoms in total. The average molecular weight is 297 g/mol. The van der Waals surface area contributed by atoms with E-state index in [1.807, 2.05) is 0 Å². The van der Waals surface area contributed by atoms with E-state index in [4.69, 9.17) is 14.2 Å². The standard InChI is InChI=1S/C15H23NO5/c1-15(2,3)21-14(18)16-13(9-17)10-6-11(19-4)8-12(7-10)20-5/h6-8,13,17H,9H2,1-5H3,(H,16,18). The molecule has 0 fully saturated rings. The van der Waals surface area contributed by atoms with Gasteiger partial charge in [0.15, 0.2) is 0 Å². The lowest BCUT2D eigenvalue weighted by Gasteiger charge is -2.23. The zero-order valence-electron chi connectivity index (χ0n) is 13.1. The van der Waals surface area contributed by atoms with Crippen molar-refractivity contribution in [1.29, 1.82) is 0 Å². The van der Waals surface area contributed by atoms with Crippen LogP contribution in [0.2, 0.25) is 0 Å². The number of aliphatic hydroxyl groups is 1. The van der Waals surface area contributed by atoms with Crippen LogP contribution < -0.4 is 14.8 Å². The maximum Gasteiger partial charge on any atom is 0.408 e. The predicted octanol–water partition coefficient (Wildman–Crippen LogP) is 2.26. The van der Waals surface area contributed by atoms with Gasteiger partial charge in [0.2, 0.25) is 0 Å². The third-order valence-electron chi connectivity index (χ3n) is 2.65. The fourth-order valence-corrected chi connectivity index (χ4v) is 1.71. The molecule has 0 saturated carbocycles. The van der Waals surface area contributed by atoms with E-state index in [2.05, 4.69) is 5.32 Å². The molecule has 1 rings (SSSR count). The van der Waals surface area contributed by atoms with Gasteiger partial charge in [-0.1, -0.05) is 0 Å². The molecule has 21 heavy (non-hydrogen) atoms. The summed E-state index contributed by atoms with van der Waals surface area (Å²) in [6.45, 7) is 5.05. The first-order valence-corrected chi connectivity index (χ1v) is 6.62. The van der Waals surface area contributed by atoms with Crippen molar-refractivity contribution in [2.75, 3.05) is 20.8 Å². The van der Waals surface area contributed by atoms with E-state index in [0.29, 0.717) is 17.1 Å². The minimum Gasteiger partial charge on any atom is -0.497 e. The highest BCUT2D eigenvalue weighted by molar-refractivity contribution is 5.68. The molecule has 0 aliphatic carbocycles. The summed E-state index contributed by atoms with van der Waals surface area (Å²) in [6.07, 6.45) is -0.594. The number of hydrogen-bond donors (Lipinski definition) is 2. The normalized spacial score (nSPS) is 12.5. The van der Waals surface area contributed by atoms with Gasteiger partial charge >= 0.3 is 6.09 Å². The van der Waals surface area contributed by atoms with Crippen LogP contribution in [0.4, 0.5) is 4.79 Å². The van der Waals surface area contributed by atoms with Gasteiger partial charge in [-0.15, -0.1) is 0 Å². The van der Waals surface area contributed by atoms with E-state index in [-0.39, 0.29) is 6.61 Å². The SMILES string of the molecule is COc1cc(OC)cc(C(CO)NC(=O)OC(C)(C)C)c1. The van der Waals surface area contributed by atoms with E-state index in [9.17, 15) is 9.90 Å². The maximum absolute atomic E-state index is 11.8. The first-order chi connectivity index (χ1) is 9.78. The van der Waals surface area contributed by atoms with Crippen molar-refractivity contribution in [1.82, 2.24) is 5.32 Å². The van der Waals surface area contributed by atoms with Crippen LogP contribution in [0, 0.1) is 0 Å². The highest BCUT2D eigenvalue weighted by Crippen LogP contribution is 2.26. The molecule has 0 aliphatic rings. The number of benzene rings is 1. The topological polar surface area (TPSA) is 77.0 Å². The summed E-state index contributed by atoms with van der Waals surface area (Å²) in [4.78, 5) is 11.8. The van der Waals surface area contributed by atoms with Gasteiger partial charge in [-0.05, 0) is 38.5 Å². The summed E-state index contributed by atoms with van der Waals surface area (Å²) in [5.41, 5.74) is 0.0652. The van der Waals surface area contributed by atoms with Gasteiger partial charge in [0.25, 0.3) is 0 Å². The van der Waals surface area contributed by atoms with Crippen LogP contribution in [0.3, 0.4) is 0 Å². The average Bonchev–Trinajstić information content (AvgIpc) is 2.42. The van der Waals surface area contributed by atoms with Gasteiger partial charge in [0.1, 0.15) is 17.1 Å². The van der Waals surface area contributed by atoms with E-state index in [1.165, 1.54) is 14.2 Å². The van der Waals surface area contributed by atoms with Crippen molar-refractivity contribution in [3.05, 3.63) is 23.8 Å². The molecule has 0 bridgehead atoms. The first kappa shape index (κ1) is 17.1. The quantitative estimate of drug-likeness (QED) is 0.871. The number of rotatable bonds is 5. The van der Waals surface area contributed by atoms with E-state index < -0.39 is 17.7 Å². The number of nitrogens with one attached hydrogen (secondary N) is 1. The van der Waals surface area contributed by atoms with Crippen molar-refractivity contribution in [3.63, 3.8) is 0 Å². The Labute approximate surface area is 125 Å². The Bertz CT molecular complexity index is 459. The van der Waals surface area contributed by atoms with E-state index >= 15 is 0 Å². The monoisotopic (exact) mass is 297 g/mol. The molecule has 1 unspecified atom stereocenters. The van der Waals surface area contributed by atoms with Crippen molar-refractivity contribution in [2.24, 2.45) is 0 Å². The summed E-state index contributed by atoms with van der Waals surface area (Å²) in [6, 6.07) is 4.55. The smallest absolute Gasteiger partial charge is 0.408 e. The Morgan fingerprint density at radius 1 is 1.19 bits per heavy atom. The molecule has 0 saturated heterocycles. The Kier molecular flexibility index (Phi) is 5.84. The lowest BCUT2D eigenvalue weighted by Crippen LogP contribution is -2.36. The molecule has 0 radical (unpaired) electrons. The molecule has 1 aromatic rings. The van der Waals surface area contributed by atoms with Crippen molar-refractivity contribution in [3.8, 4) is 11.5 Å². The molecule has 0 aliphatic heterocycles. The second-order valence-electron chi connectivity index (χ2n) is 5.53. The summed E-state index contributed by atoms with van der Waals surface area (Å²) in [5.74, 6) is 1.16. The van der Waals surface area contributed by atoms with E-state index in [1.54, 1.807) is 39.0 Å². The zero-order valence-corrected chi connectivity index (χ0v) is 13.1. The third-order valence-corrected chi connectivity index (χ3v) is 2.65. The third kappa shape index (κ3) is 5.51. The second kappa shape index (κ2) is 7.17. The fourth-order valence-electron chi connectivity index (χ4n) is 1.71. The number of carbonyl (C=O) groups is 1. The Morgan fingerprint density at radius 3 is 2.10 bits per heavy atom. The Hall–Kier alpha value is -1.95. The summed E-state index contributed by atoms with van der Waals surface area (Å²) in [5, 5.41) is 12.1. The molecule has 6 heteroatoms. The largest absolute Gasteiger partial charge is 0.497 e. The lowest BCUT2D eigenvalue weighted by atomic mass is 10.1. The first-order valence-electron chi connectivity index (χ1n) is 6.62. The van der Waals surface area contributed by atoms with Gasteiger partial charge < -0.3 is 24.6 Å². The molecule has 0 spiro atoms. The Morgan fingerprint density at radius 2 is 1.71 bits per heavy atom. The van der Waals surface area contributed by atoms with Crippen molar-refractivity contribution < 1.29 is 24.1 Å². The van der Waals surface area contributed by atoms with Crippen LogP contribution in [0.5, 0.6) is 11.5 Å². The molecular weight excluding hydrogens is 274 g/mol. The predicted molar refractivity (Wildman–Crippen MR) is 78.7 cm³/mol. The molecular formula is C15H23NO5. The van der Waals surface area contributed by atoms with Gasteiger partial charge in [-0.2, -0.15) is 0 Å². The number of ether oxygens (including phenoxy) is 3. The fraction of sp³-hybridized carbons (Fsp3) is 0.533. The molecule has 2 N–H and O–H groups in total. The van der Waals surface area contributed by atoms with Gasteiger partial charge in [0, 0.05) is 6.07 Å². The van der Waals surface area contributed by atoms with Gasteiger partial charge in [-0.3, -0.25) is 0 Å². The molecule has 1 aromatic carbocycles. The van der Waals surface area contributed by atoms with Crippen LogP contribution in [-0.2, 0) is 4.74 Å². The zero-order chi connectivity index (χ0) is 16.0. The van der Waals surface area contributed by atoms with Crippen molar-refractivity contribution >= 4 is 6.09 Å². The van der Waals surface area contributed by atoms with Crippen LogP contribution in [0.1, 0.15) is 32.4 Å². The van der Waals surface area contributed by atoms with Crippen LogP contribution in [0.25, 0.3) is 0 Å². The molecule has 0 aromatic heterocycles. The van der Waals surface area contributed by atoms with E-state index in [0.717, 1.165) is 0 Å². The maximum atomic E-state index is 11.8. The van der Waals surface area contributed by atoms with Crippen LogP contribution in [0.15, 0.2) is 18.2 Å². The minimum atomic E-state index is -0.608. The number of amides is 1. The number of alkyl carbamates (subject to hydrolysis) is 1. The Balaban J connectivity index is 2.91. The highest BCUT2D eigenvalue weighted by Gasteiger charge is 2.21. The second-order valence-corrected chi connectivity index (χ2v) is 5.53. The molecule has 0 heterocycles. The summed E-state index contributed by atoms with van der Waals surface area (Å²) in [7, 11) is 3.07. The van der Waals surface area contributed by atoms with Gasteiger partial charge in [-0.25, -0.2) is 4.79 Å². The van der Waals surface area contributed by atoms with Crippen LogP contribution in [-0.4, -0.2) is 37.6 Å². The minimum absolute atomic E-state index is 0.268. The number of carbonyl (C=O) groups excluding carboxylic acids is 1. The molecule has 1 atom stereocenters. The van der Waals surface area contributed by atoms with Crippen LogP contribution >= 0.6 is 0 Å². The van der Waals surface area contributed by atoms with Gasteiger partial charge in [0.05, 0.1) is 26.9 Å². The van der Waals surface area contributed by atoms with Crippen molar-refractivity contribution in [2.45, 2.75) is 32.4 Å². The highest BCUT2D eigenvalue weighted by atomic mass is 16.6. The summed E-state index contributed by atoms with van der Waals surface area (Å²) < 4.78 is 15.5. The molecule has 118 valence electrons.